The second-order valence-corrected chi connectivity index (χ2v) is 4.45. The minimum absolute atomic E-state index is 0. The molecule has 1 unspecified atom stereocenters. The van der Waals surface area contributed by atoms with Crippen LogP contribution in [0.15, 0.2) is 48.0 Å². The molecule has 21 heavy (non-hydrogen) atoms. The number of benzene rings is 1. The maximum Gasteiger partial charge on any atom is 0.191 e. The SMILES string of the molecule is C=CCNC(=NC)NCCCOC(C)c1ccccc1.I. The van der Waals surface area contributed by atoms with E-state index in [1.165, 1.54) is 5.56 Å². The van der Waals surface area contributed by atoms with Gasteiger partial charge < -0.3 is 15.4 Å². The number of ether oxygens (including phenoxy) is 1. The van der Waals surface area contributed by atoms with Gasteiger partial charge in [-0.2, -0.15) is 0 Å². The summed E-state index contributed by atoms with van der Waals surface area (Å²) >= 11 is 0. The largest absolute Gasteiger partial charge is 0.374 e. The highest BCUT2D eigenvalue weighted by molar-refractivity contribution is 14.0. The van der Waals surface area contributed by atoms with Gasteiger partial charge in [-0.25, -0.2) is 0 Å². The number of nitrogens with zero attached hydrogens (tertiary/aromatic N) is 1. The first-order valence-corrected chi connectivity index (χ1v) is 7.00. The van der Waals surface area contributed by atoms with Gasteiger partial charge in [0, 0.05) is 26.7 Å². The van der Waals surface area contributed by atoms with E-state index in [0.717, 1.165) is 25.5 Å². The summed E-state index contributed by atoms with van der Waals surface area (Å²) in [5, 5.41) is 6.35. The third-order valence-corrected chi connectivity index (χ3v) is 2.89. The second-order valence-electron chi connectivity index (χ2n) is 4.45. The normalized spacial score (nSPS) is 12.2. The van der Waals surface area contributed by atoms with Crippen molar-refractivity contribution in [1.29, 1.82) is 0 Å². The smallest absolute Gasteiger partial charge is 0.191 e. The maximum atomic E-state index is 5.81. The fraction of sp³-hybridized carbons (Fsp3) is 0.438. The van der Waals surface area contributed by atoms with Gasteiger partial charge in [-0.1, -0.05) is 36.4 Å². The predicted octanol–water partition coefficient (Wildman–Crippen LogP) is 3.12. The lowest BCUT2D eigenvalue weighted by Crippen LogP contribution is -2.38. The average molecular weight is 403 g/mol. The molecule has 1 rings (SSSR count). The molecule has 0 saturated heterocycles. The van der Waals surface area contributed by atoms with Crippen molar-refractivity contribution < 1.29 is 4.74 Å². The molecule has 118 valence electrons. The van der Waals surface area contributed by atoms with Crippen molar-refractivity contribution >= 4 is 29.9 Å². The van der Waals surface area contributed by atoms with E-state index in [1.54, 1.807) is 13.1 Å². The molecule has 1 atom stereocenters. The van der Waals surface area contributed by atoms with Crippen LogP contribution in [0.3, 0.4) is 0 Å². The van der Waals surface area contributed by atoms with Crippen molar-refractivity contribution in [2.75, 3.05) is 26.7 Å². The van der Waals surface area contributed by atoms with Crippen LogP contribution in [-0.2, 0) is 4.74 Å². The molecular weight excluding hydrogens is 377 g/mol. The fourth-order valence-corrected chi connectivity index (χ4v) is 1.75. The molecule has 5 heteroatoms. The van der Waals surface area contributed by atoms with Crippen LogP contribution in [0.1, 0.15) is 25.0 Å². The van der Waals surface area contributed by atoms with Crippen molar-refractivity contribution in [1.82, 2.24) is 10.6 Å². The summed E-state index contributed by atoms with van der Waals surface area (Å²) in [5.74, 6) is 0.793. The summed E-state index contributed by atoms with van der Waals surface area (Å²) in [6.45, 7) is 8.00. The number of aliphatic imine (C=N–C) groups is 1. The number of hydrogen-bond acceptors (Lipinski definition) is 2. The highest BCUT2D eigenvalue weighted by Crippen LogP contribution is 2.15. The van der Waals surface area contributed by atoms with Crippen LogP contribution in [0.5, 0.6) is 0 Å². The van der Waals surface area contributed by atoms with E-state index >= 15 is 0 Å². The summed E-state index contributed by atoms with van der Waals surface area (Å²) in [7, 11) is 1.76. The standard InChI is InChI=1S/C16H25N3O.HI/c1-4-11-18-16(17-3)19-12-8-13-20-14(2)15-9-6-5-7-10-15;/h4-7,9-10,14H,1,8,11-13H2,2-3H3,(H2,17,18,19);1H. The zero-order valence-electron chi connectivity index (χ0n) is 12.8. The Morgan fingerprint density at radius 1 is 1.33 bits per heavy atom. The van der Waals surface area contributed by atoms with E-state index in [0.29, 0.717) is 6.54 Å². The molecule has 0 amide bonds. The zero-order chi connectivity index (χ0) is 14.6. The third kappa shape index (κ3) is 8.72. The van der Waals surface area contributed by atoms with Crippen LogP contribution in [0.2, 0.25) is 0 Å². The molecule has 0 spiro atoms. The van der Waals surface area contributed by atoms with E-state index < -0.39 is 0 Å². The lowest BCUT2D eigenvalue weighted by Gasteiger charge is -2.14. The molecule has 0 aliphatic heterocycles. The molecular formula is C16H26IN3O. The molecule has 0 heterocycles. The minimum Gasteiger partial charge on any atom is -0.374 e. The number of halogens is 1. The molecule has 1 aromatic carbocycles. The fourth-order valence-electron chi connectivity index (χ4n) is 1.75. The highest BCUT2D eigenvalue weighted by atomic mass is 127. The number of hydrogen-bond donors (Lipinski definition) is 2. The number of rotatable bonds is 8. The lowest BCUT2D eigenvalue weighted by molar-refractivity contribution is 0.0646. The molecule has 0 bridgehead atoms. The van der Waals surface area contributed by atoms with Crippen LogP contribution in [-0.4, -0.2) is 32.7 Å². The topological polar surface area (TPSA) is 45.7 Å². The number of guanidine groups is 1. The summed E-state index contributed by atoms with van der Waals surface area (Å²) in [5.41, 5.74) is 1.21. The highest BCUT2D eigenvalue weighted by Gasteiger charge is 2.04. The molecule has 0 aromatic heterocycles. The molecule has 2 N–H and O–H groups in total. The summed E-state index contributed by atoms with van der Waals surface area (Å²) in [6, 6.07) is 10.3. The van der Waals surface area contributed by atoms with Gasteiger partial charge in [-0.3, -0.25) is 4.99 Å². The molecule has 1 aromatic rings. The Hall–Kier alpha value is -1.08. The number of nitrogens with one attached hydrogen (secondary N) is 2. The molecule has 0 saturated carbocycles. The molecule has 0 aliphatic rings. The summed E-state index contributed by atoms with van der Waals surface area (Å²) < 4.78 is 5.81. The van der Waals surface area contributed by atoms with Crippen molar-refractivity contribution in [3.63, 3.8) is 0 Å². The quantitative estimate of drug-likeness (QED) is 0.231. The van der Waals surface area contributed by atoms with Gasteiger partial charge in [0.2, 0.25) is 0 Å². The van der Waals surface area contributed by atoms with Crippen LogP contribution >= 0.6 is 24.0 Å². The van der Waals surface area contributed by atoms with Gasteiger partial charge in [0.25, 0.3) is 0 Å². The Morgan fingerprint density at radius 2 is 2.05 bits per heavy atom. The van der Waals surface area contributed by atoms with Crippen LogP contribution in [0.4, 0.5) is 0 Å². The first-order chi connectivity index (χ1) is 9.77. The first-order valence-electron chi connectivity index (χ1n) is 7.00. The maximum absolute atomic E-state index is 5.81. The Balaban J connectivity index is 0.00000400. The van der Waals surface area contributed by atoms with E-state index in [-0.39, 0.29) is 30.1 Å². The predicted molar refractivity (Wildman–Crippen MR) is 100 cm³/mol. The Morgan fingerprint density at radius 3 is 2.67 bits per heavy atom. The molecule has 0 aliphatic carbocycles. The van der Waals surface area contributed by atoms with Crippen molar-refractivity contribution in [3.8, 4) is 0 Å². The van der Waals surface area contributed by atoms with Crippen molar-refractivity contribution in [2.24, 2.45) is 4.99 Å². The molecule has 0 radical (unpaired) electrons. The second kappa shape index (κ2) is 12.6. The average Bonchev–Trinajstić information content (AvgIpc) is 2.50. The minimum atomic E-state index is 0. The summed E-state index contributed by atoms with van der Waals surface area (Å²) in [6.07, 6.45) is 2.87. The van der Waals surface area contributed by atoms with Crippen molar-refractivity contribution in [2.45, 2.75) is 19.4 Å². The Labute approximate surface area is 145 Å². The van der Waals surface area contributed by atoms with E-state index in [2.05, 4.69) is 41.3 Å². The van der Waals surface area contributed by atoms with Gasteiger partial charge in [0.15, 0.2) is 5.96 Å². The van der Waals surface area contributed by atoms with E-state index in [4.69, 9.17) is 4.74 Å². The Bertz CT molecular complexity index is 409. The Kier molecular flexibility index (Phi) is 12.0. The molecule has 0 fully saturated rings. The zero-order valence-corrected chi connectivity index (χ0v) is 15.2. The van der Waals surface area contributed by atoms with Crippen LogP contribution in [0, 0.1) is 0 Å². The van der Waals surface area contributed by atoms with Gasteiger partial charge in [0.05, 0.1) is 6.10 Å². The first kappa shape index (κ1) is 19.9. The van der Waals surface area contributed by atoms with Crippen LogP contribution in [0.25, 0.3) is 0 Å². The van der Waals surface area contributed by atoms with E-state index in [1.807, 2.05) is 18.2 Å². The summed E-state index contributed by atoms with van der Waals surface area (Å²) in [4.78, 5) is 4.11. The van der Waals surface area contributed by atoms with Gasteiger partial charge in [-0.15, -0.1) is 30.6 Å². The molecule has 4 nitrogen and oxygen atoms in total. The van der Waals surface area contributed by atoms with Gasteiger partial charge in [-0.05, 0) is 18.9 Å². The lowest BCUT2D eigenvalue weighted by atomic mass is 10.1. The van der Waals surface area contributed by atoms with Crippen LogP contribution < -0.4 is 10.6 Å². The van der Waals surface area contributed by atoms with Crippen molar-refractivity contribution in [3.05, 3.63) is 48.6 Å². The van der Waals surface area contributed by atoms with E-state index in [9.17, 15) is 0 Å². The van der Waals surface area contributed by atoms with Gasteiger partial charge >= 0.3 is 0 Å². The van der Waals surface area contributed by atoms with Gasteiger partial charge in [0.1, 0.15) is 0 Å². The third-order valence-electron chi connectivity index (χ3n) is 2.89. The monoisotopic (exact) mass is 403 g/mol.